The number of hydrogen-bond donors (Lipinski definition) is 1. The number of H-pyrrole nitrogens is 1. The summed E-state index contributed by atoms with van der Waals surface area (Å²) < 4.78 is 40.1. The molecule has 0 aromatic carbocycles. The highest BCUT2D eigenvalue weighted by Gasteiger charge is 2.66. The minimum absolute atomic E-state index is 0.0542. The van der Waals surface area contributed by atoms with Crippen molar-refractivity contribution in [1.82, 2.24) is 14.8 Å². The van der Waals surface area contributed by atoms with E-state index in [0.29, 0.717) is 5.82 Å². The van der Waals surface area contributed by atoms with Crippen LogP contribution < -0.4 is 0 Å². The standard InChI is InChI=1S/C9H12F3N3S/c1-5(2)6-13-14-7(16)15(6)8(3-4-8)9(10,11)12/h5H,3-4H2,1-2H3,(H,14,16). The molecule has 0 radical (unpaired) electrons. The number of alkyl halides is 3. The van der Waals surface area contributed by atoms with Gasteiger partial charge in [0.1, 0.15) is 11.4 Å². The van der Waals surface area contributed by atoms with Crippen molar-refractivity contribution < 1.29 is 13.2 Å². The summed E-state index contributed by atoms with van der Waals surface area (Å²) in [4.78, 5) is 0. The van der Waals surface area contributed by atoms with Crippen LogP contribution in [0, 0.1) is 4.77 Å². The third-order valence-electron chi connectivity index (χ3n) is 2.89. The van der Waals surface area contributed by atoms with Crippen LogP contribution in [0.4, 0.5) is 13.2 Å². The SMILES string of the molecule is CC(C)c1n[nH]c(=S)n1C1(C(F)(F)F)CC1. The van der Waals surface area contributed by atoms with Gasteiger partial charge in [0.05, 0.1) is 0 Å². The summed E-state index contributed by atoms with van der Waals surface area (Å²) in [6.45, 7) is 3.60. The Bertz CT molecular complexity index is 453. The Morgan fingerprint density at radius 1 is 1.44 bits per heavy atom. The van der Waals surface area contributed by atoms with Crippen molar-refractivity contribution in [2.24, 2.45) is 0 Å². The number of rotatable bonds is 2. The Morgan fingerprint density at radius 2 is 2.00 bits per heavy atom. The first-order valence-corrected chi connectivity index (χ1v) is 5.45. The van der Waals surface area contributed by atoms with Crippen molar-refractivity contribution in [1.29, 1.82) is 0 Å². The molecule has 3 nitrogen and oxygen atoms in total. The van der Waals surface area contributed by atoms with Gasteiger partial charge in [-0.25, -0.2) is 0 Å². The Hall–Kier alpha value is -0.850. The lowest BCUT2D eigenvalue weighted by Crippen LogP contribution is -2.36. The molecule has 0 atom stereocenters. The van der Waals surface area contributed by atoms with E-state index in [1.165, 1.54) is 0 Å². The van der Waals surface area contributed by atoms with Crippen LogP contribution in [0.25, 0.3) is 0 Å². The van der Waals surface area contributed by atoms with Crippen LogP contribution in [0.5, 0.6) is 0 Å². The summed E-state index contributed by atoms with van der Waals surface area (Å²) in [5, 5.41) is 6.33. The zero-order chi connectivity index (χ0) is 12.1. The van der Waals surface area contributed by atoms with Crippen LogP contribution in [-0.4, -0.2) is 20.9 Å². The summed E-state index contributed by atoms with van der Waals surface area (Å²) in [5.41, 5.74) is -1.81. The maximum Gasteiger partial charge on any atom is 0.412 e. The fourth-order valence-corrected chi connectivity index (χ4v) is 2.18. The van der Waals surface area contributed by atoms with Gasteiger partial charge in [0.15, 0.2) is 4.77 Å². The average molecular weight is 251 g/mol. The lowest BCUT2D eigenvalue weighted by Gasteiger charge is -2.23. The molecule has 1 aliphatic carbocycles. The molecule has 0 unspecified atom stereocenters. The van der Waals surface area contributed by atoms with Gasteiger partial charge in [-0.3, -0.25) is 9.67 Å². The Balaban J connectivity index is 2.57. The predicted octanol–water partition coefficient (Wildman–Crippen LogP) is 3.12. The van der Waals surface area contributed by atoms with Gasteiger partial charge in [0.25, 0.3) is 0 Å². The summed E-state index contributed by atoms with van der Waals surface area (Å²) >= 11 is 4.89. The monoisotopic (exact) mass is 251 g/mol. The molecule has 0 aliphatic heterocycles. The van der Waals surface area contributed by atoms with Crippen LogP contribution in [0.15, 0.2) is 0 Å². The van der Waals surface area contributed by atoms with Gasteiger partial charge < -0.3 is 0 Å². The zero-order valence-electron chi connectivity index (χ0n) is 8.93. The van der Waals surface area contributed by atoms with Crippen molar-refractivity contribution in [2.75, 3.05) is 0 Å². The van der Waals surface area contributed by atoms with Gasteiger partial charge in [0, 0.05) is 5.92 Å². The minimum atomic E-state index is -4.27. The number of nitrogens with zero attached hydrogens (tertiary/aromatic N) is 2. The summed E-state index contributed by atoms with van der Waals surface area (Å²) in [6.07, 6.45) is -4.09. The van der Waals surface area contributed by atoms with E-state index in [-0.39, 0.29) is 23.5 Å². The summed E-state index contributed by atoms with van der Waals surface area (Å²) in [5.74, 6) is 0.285. The molecule has 0 amide bonds. The quantitative estimate of drug-likeness (QED) is 0.819. The first-order valence-electron chi connectivity index (χ1n) is 5.04. The van der Waals surface area contributed by atoms with Gasteiger partial charge in [0.2, 0.25) is 0 Å². The molecule has 1 N–H and O–H groups in total. The predicted molar refractivity (Wildman–Crippen MR) is 54.8 cm³/mol. The molecule has 16 heavy (non-hydrogen) atoms. The van der Waals surface area contributed by atoms with Crippen molar-refractivity contribution in [2.45, 2.75) is 44.3 Å². The highest BCUT2D eigenvalue weighted by molar-refractivity contribution is 7.71. The second-order valence-corrected chi connectivity index (χ2v) is 4.79. The maximum absolute atomic E-state index is 13.0. The third kappa shape index (κ3) is 1.49. The third-order valence-corrected chi connectivity index (χ3v) is 3.17. The van der Waals surface area contributed by atoms with E-state index in [9.17, 15) is 13.2 Å². The van der Waals surface area contributed by atoms with Gasteiger partial charge in [-0.2, -0.15) is 18.3 Å². The molecule has 1 aromatic rings. The smallest absolute Gasteiger partial charge is 0.288 e. The number of halogens is 3. The summed E-state index contributed by atoms with van der Waals surface area (Å²) in [7, 11) is 0. The lowest BCUT2D eigenvalue weighted by atomic mass is 10.1. The molecule has 0 saturated heterocycles. The number of aromatic nitrogens is 3. The second kappa shape index (κ2) is 3.32. The molecular weight excluding hydrogens is 239 g/mol. The molecule has 1 saturated carbocycles. The molecule has 0 bridgehead atoms. The Kier molecular flexibility index (Phi) is 2.41. The van der Waals surface area contributed by atoms with E-state index >= 15 is 0 Å². The van der Waals surface area contributed by atoms with Gasteiger partial charge in [-0.1, -0.05) is 13.8 Å². The fraction of sp³-hybridized carbons (Fsp3) is 0.778. The van der Waals surface area contributed by atoms with E-state index in [4.69, 9.17) is 12.2 Å². The van der Waals surface area contributed by atoms with E-state index in [0.717, 1.165) is 4.57 Å². The van der Waals surface area contributed by atoms with Gasteiger partial charge in [-0.15, -0.1) is 0 Å². The van der Waals surface area contributed by atoms with Crippen LogP contribution >= 0.6 is 12.2 Å². The summed E-state index contributed by atoms with van der Waals surface area (Å²) in [6, 6.07) is 0. The first kappa shape index (κ1) is 11.6. The minimum Gasteiger partial charge on any atom is -0.288 e. The van der Waals surface area contributed by atoms with Crippen molar-refractivity contribution in [3.63, 3.8) is 0 Å². The van der Waals surface area contributed by atoms with E-state index in [2.05, 4.69) is 10.2 Å². The number of aromatic amines is 1. The lowest BCUT2D eigenvalue weighted by molar-refractivity contribution is -0.180. The van der Waals surface area contributed by atoms with Gasteiger partial charge in [-0.05, 0) is 25.1 Å². The highest BCUT2D eigenvalue weighted by Crippen LogP contribution is 2.56. The molecule has 1 aliphatic rings. The molecular formula is C9H12F3N3S. The molecule has 2 rings (SSSR count). The van der Waals surface area contributed by atoms with E-state index in [1.807, 2.05) is 0 Å². The van der Waals surface area contributed by atoms with Crippen molar-refractivity contribution >= 4 is 12.2 Å². The Labute approximate surface area is 95.7 Å². The first-order chi connectivity index (χ1) is 7.29. The topological polar surface area (TPSA) is 33.6 Å². The molecule has 90 valence electrons. The van der Waals surface area contributed by atoms with E-state index < -0.39 is 11.7 Å². The van der Waals surface area contributed by atoms with Crippen molar-refractivity contribution in [3.05, 3.63) is 10.6 Å². The maximum atomic E-state index is 13.0. The van der Waals surface area contributed by atoms with Crippen LogP contribution in [0.1, 0.15) is 38.4 Å². The zero-order valence-corrected chi connectivity index (χ0v) is 9.74. The molecule has 1 fully saturated rings. The van der Waals surface area contributed by atoms with Crippen molar-refractivity contribution in [3.8, 4) is 0 Å². The molecule has 1 aromatic heterocycles. The molecule has 7 heteroatoms. The second-order valence-electron chi connectivity index (χ2n) is 4.41. The highest BCUT2D eigenvalue weighted by atomic mass is 32.1. The fourth-order valence-electron chi connectivity index (χ4n) is 1.86. The average Bonchev–Trinajstić information content (AvgIpc) is 2.84. The largest absolute Gasteiger partial charge is 0.412 e. The molecule has 0 spiro atoms. The van der Waals surface area contributed by atoms with Crippen LogP contribution in [0.3, 0.4) is 0 Å². The van der Waals surface area contributed by atoms with Crippen LogP contribution in [0.2, 0.25) is 0 Å². The normalized spacial score (nSPS) is 19.1. The van der Waals surface area contributed by atoms with Gasteiger partial charge >= 0.3 is 6.18 Å². The van der Waals surface area contributed by atoms with Crippen LogP contribution in [-0.2, 0) is 5.54 Å². The number of hydrogen-bond acceptors (Lipinski definition) is 2. The number of nitrogens with one attached hydrogen (secondary N) is 1. The molecule has 1 heterocycles. The Morgan fingerprint density at radius 3 is 2.38 bits per heavy atom. The van der Waals surface area contributed by atoms with E-state index in [1.54, 1.807) is 13.8 Å².